The van der Waals surface area contributed by atoms with Gasteiger partial charge in [-0.3, -0.25) is 4.79 Å². The molecule has 0 saturated heterocycles. The number of amides is 1. The van der Waals surface area contributed by atoms with E-state index < -0.39 is 21.9 Å². The Balaban J connectivity index is 1.62. The van der Waals surface area contributed by atoms with Gasteiger partial charge in [0.1, 0.15) is 5.82 Å². The summed E-state index contributed by atoms with van der Waals surface area (Å²) in [6.45, 7) is 0.290. The van der Waals surface area contributed by atoms with E-state index in [0.717, 1.165) is 48.9 Å². The molecule has 160 valence electrons. The van der Waals surface area contributed by atoms with Gasteiger partial charge in [-0.15, -0.1) is 0 Å². The summed E-state index contributed by atoms with van der Waals surface area (Å²) in [7, 11) is -3.86. The molecule has 0 bridgehead atoms. The third kappa shape index (κ3) is 4.42. The Morgan fingerprint density at radius 2 is 1.73 bits per heavy atom. The van der Waals surface area contributed by atoms with Crippen molar-refractivity contribution in [2.24, 2.45) is 0 Å². The fourth-order valence-corrected chi connectivity index (χ4v) is 6.18. The zero-order chi connectivity index (χ0) is 21.1. The van der Waals surface area contributed by atoms with Crippen LogP contribution in [0.3, 0.4) is 0 Å². The molecule has 4 rings (SSSR count). The van der Waals surface area contributed by atoms with Crippen molar-refractivity contribution in [2.45, 2.75) is 61.9 Å². The Morgan fingerprint density at radius 3 is 2.47 bits per heavy atom. The van der Waals surface area contributed by atoms with E-state index in [2.05, 4.69) is 5.32 Å². The van der Waals surface area contributed by atoms with Gasteiger partial charge < -0.3 is 5.32 Å². The number of hydrogen-bond donors (Lipinski definition) is 1. The molecule has 30 heavy (non-hydrogen) atoms. The molecular weight excluding hydrogens is 403 g/mol. The Hall–Kier alpha value is -2.25. The van der Waals surface area contributed by atoms with Gasteiger partial charge in [0.15, 0.2) is 0 Å². The lowest BCUT2D eigenvalue weighted by Crippen LogP contribution is -2.43. The van der Waals surface area contributed by atoms with Crippen molar-refractivity contribution in [1.29, 1.82) is 0 Å². The average molecular weight is 431 g/mol. The van der Waals surface area contributed by atoms with Gasteiger partial charge in [-0.1, -0.05) is 43.5 Å². The molecule has 1 amide bonds. The first-order valence-electron chi connectivity index (χ1n) is 10.6. The minimum Gasteiger partial charge on any atom is -0.353 e. The fraction of sp³-hybridized carbons (Fsp3) is 0.435. The number of sulfonamides is 1. The van der Waals surface area contributed by atoms with Crippen molar-refractivity contribution in [3.63, 3.8) is 0 Å². The van der Waals surface area contributed by atoms with Crippen LogP contribution in [0.15, 0.2) is 53.4 Å². The zero-order valence-electron chi connectivity index (χ0n) is 16.9. The molecular formula is C23H27FN2O3S. The van der Waals surface area contributed by atoms with Gasteiger partial charge in [-0.2, -0.15) is 4.31 Å². The van der Waals surface area contributed by atoms with E-state index in [4.69, 9.17) is 0 Å². The Labute approximate surface area is 177 Å². The molecule has 5 nitrogen and oxygen atoms in total. The molecule has 2 aromatic carbocycles. The normalized spacial score (nSPS) is 20.5. The lowest BCUT2D eigenvalue weighted by Gasteiger charge is -2.36. The maximum atomic E-state index is 13.4. The van der Waals surface area contributed by atoms with Crippen LogP contribution in [0.1, 0.15) is 55.7 Å². The molecule has 1 N–H and O–H groups in total. The standard InChI is InChI=1S/C23H27FN2O3S/c24-18-10-12-20(13-11-18)30(28,29)26-15-14-17-6-4-5-9-21(17)22(26)16-23(27)25-19-7-2-1-3-8-19/h4-6,9-13,19,22H,1-3,7-8,14-16H2,(H,25,27)/t22-/m1/s1. The molecule has 2 aromatic rings. The highest BCUT2D eigenvalue weighted by Gasteiger charge is 2.37. The first-order valence-corrected chi connectivity index (χ1v) is 12.0. The van der Waals surface area contributed by atoms with E-state index in [1.165, 1.54) is 22.9 Å². The Bertz CT molecular complexity index is 1000. The van der Waals surface area contributed by atoms with E-state index >= 15 is 0 Å². The van der Waals surface area contributed by atoms with Gasteiger partial charge in [-0.05, 0) is 54.7 Å². The number of nitrogens with zero attached hydrogens (tertiary/aromatic N) is 1. The first-order chi connectivity index (χ1) is 14.4. The molecule has 0 unspecified atom stereocenters. The minimum atomic E-state index is -3.86. The summed E-state index contributed by atoms with van der Waals surface area (Å²) in [5.74, 6) is -0.607. The number of halogens is 1. The number of nitrogens with one attached hydrogen (secondary N) is 1. The largest absolute Gasteiger partial charge is 0.353 e. The molecule has 0 spiro atoms. The van der Waals surface area contributed by atoms with Crippen LogP contribution < -0.4 is 5.32 Å². The lowest BCUT2D eigenvalue weighted by molar-refractivity contribution is -0.123. The van der Waals surface area contributed by atoms with Crippen molar-refractivity contribution in [1.82, 2.24) is 9.62 Å². The molecule has 2 aliphatic rings. The van der Waals surface area contributed by atoms with Gasteiger partial charge in [0, 0.05) is 19.0 Å². The molecule has 1 aliphatic carbocycles. The molecule has 0 radical (unpaired) electrons. The number of hydrogen-bond acceptors (Lipinski definition) is 3. The van der Waals surface area contributed by atoms with Gasteiger partial charge in [-0.25, -0.2) is 12.8 Å². The summed E-state index contributed by atoms with van der Waals surface area (Å²) in [4.78, 5) is 12.9. The van der Waals surface area contributed by atoms with Crippen molar-refractivity contribution in [2.75, 3.05) is 6.54 Å². The van der Waals surface area contributed by atoms with E-state index in [1.54, 1.807) is 0 Å². The third-order valence-electron chi connectivity index (χ3n) is 6.13. The quantitative estimate of drug-likeness (QED) is 0.781. The van der Waals surface area contributed by atoms with Crippen LogP contribution in [-0.2, 0) is 21.2 Å². The Morgan fingerprint density at radius 1 is 1.03 bits per heavy atom. The molecule has 0 aromatic heterocycles. The summed E-state index contributed by atoms with van der Waals surface area (Å²) in [5, 5.41) is 3.11. The second-order valence-corrected chi connectivity index (χ2v) is 10.0. The minimum absolute atomic E-state index is 0.0426. The number of carbonyl (C=O) groups excluding carboxylic acids is 1. The van der Waals surface area contributed by atoms with Gasteiger partial charge in [0.2, 0.25) is 15.9 Å². The summed E-state index contributed by atoms with van der Waals surface area (Å²) in [6, 6.07) is 12.2. The fourth-order valence-electron chi connectivity index (χ4n) is 4.58. The highest BCUT2D eigenvalue weighted by atomic mass is 32.2. The van der Waals surface area contributed by atoms with E-state index in [9.17, 15) is 17.6 Å². The van der Waals surface area contributed by atoms with Crippen LogP contribution in [0.5, 0.6) is 0 Å². The second kappa shape index (κ2) is 8.86. The topological polar surface area (TPSA) is 66.5 Å². The zero-order valence-corrected chi connectivity index (χ0v) is 17.7. The number of fused-ring (bicyclic) bond motifs is 1. The predicted molar refractivity (Wildman–Crippen MR) is 113 cm³/mol. The van der Waals surface area contributed by atoms with Gasteiger partial charge in [0.25, 0.3) is 0 Å². The molecule has 7 heteroatoms. The predicted octanol–water partition coefficient (Wildman–Crippen LogP) is 3.95. The smallest absolute Gasteiger partial charge is 0.243 e. The van der Waals surface area contributed by atoms with E-state index in [1.807, 2.05) is 24.3 Å². The van der Waals surface area contributed by atoms with Gasteiger partial charge >= 0.3 is 0 Å². The summed E-state index contributed by atoms with van der Waals surface area (Å²) in [6.07, 6.45) is 6.04. The van der Waals surface area contributed by atoms with E-state index in [0.29, 0.717) is 6.42 Å². The van der Waals surface area contributed by atoms with E-state index in [-0.39, 0.29) is 29.8 Å². The number of rotatable bonds is 5. The number of carbonyl (C=O) groups is 1. The van der Waals surface area contributed by atoms with Crippen LogP contribution in [0.4, 0.5) is 4.39 Å². The Kier molecular flexibility index (Phi) is 6.20. The van der Waals surface area contributed by atoms with Crippen LogP contribution in [0, 0.1) is 5.82 Å². The maximum absolute atomic E-state index is 13.4. The second-order valence-electron chi connectivity index (χ2n) is 8.14. The van der Waals surface area contributed by atoms with Gasteiger partial charge in [0.05, 0.1) is 10.9 Å². The molecule has 1 saturated carbocycles. The highest BCUT2D eigenvalue weighted by molar-refractivity contribution is 7.89. The summed E-state index contributed by atoms with van der Waals surface area (Å²) >= 11 is 0. The molecule has 1 fully saturated rings. The lowest BCUT2D eigenvalue weighted by atomic mass is 9.91. The number of benzene rings is 2. The monoisotopic (exact) mass is 430 g/mol. The molecule has 1 heterocycles. The highest BCUT2D eigenvalue weighted by Crippen LogP contribution is 2.36. The SMILES string of the molecule is O=C(C[C@@H]1c2ccccc2CCN1S(=O)(=O)c1ccc(F)cc1)NC1CCCCC1. The summed E-state index contributed by atoms with van der Waals surface area (Å²) in [5.41, 5.74) is 1.94. The maximum Gasteiger partial charge on any atom is 0.243 e. The first kappa shape index (κ1) is 21.0. The van der Waals surface area contributed by atoms with Crippen molar-refractivity contribution in [3.8, 4) is 0 Å². The van der Waals surface area contributed by atoms with Crippen LogP contribution in [0.2, 0.25) is 0 Å². The van der Waals surface area contributed by atoms with Crippen LogP contribution in [0.25, 0.3) is 0 Å². The summed E-state index contributed by atoms with van der Waals surface area (Å²) < 4.78 is 41.5. The van der Waals surface area contributed by atoms with Crippen molar-refractivity contribution >= 4 is 15.9 Å². The van der Waals surface area contributed by atoms with Crippen molar-refractivity contribution in [3.05, 3.63) is 65.5 Å². The van der Waals surface area contributed by atoms with Crippen LogP contribution >= 0.6 is 0 Å². The third-order valence-corrected chi connectivity index (χ3v) is 8.05. The molecule has 1 aliphatic heterocycles. The van der Waals surface area contributed by atoms with Crippen LogP contribution in [-0.4, -0.2) is 31.2 Å². The van der Waals surface area contributed by atoms with Crippen molar-refractivity contribution < 1.29 is 17.6 Å². The average Bonchev–Trinajstić information content (AvgIpc) is 2.75. The molecule has 1 atom stereocenters.